The number of carbonyl (C=O) groups is 2. The summed E-state index contributed by atoms with van der Waals surface area (Å²) < 4.78 is 17.5. The number of ether oxygens (including phenoxy) is 3. The van der Waals surface area contributed by atoms with E-state index >= 15 is 0 Å². The van der Waals surface area contributed by atoms with Crippen molar-refractivity contribution >= 4 is 23.0 Å². The Bertz CT molecular complexity index is 1520. The first kappa shape index (κ1) is 25.5. The normalized spacial score (nSPS) is 10.9. The second kappa shape index (κ2) is 10.6. The van der Waals surface area contributed by atoms with Crippen molar-refractivity contribution < 1.29 is 23.8 Å². The Morgan fingerprint density at radius 2 is 1.73 bits per heavy atom. The van der Waals surface area contributed by atoms with Crippen LogP contribution in [0.3, 0.4) is 0 Å². The SMILES string of the molecule is COC(=O)C#Cc1cccc(Cc2c(-c3ccccc3)n(C(=O)OC(C)(C)C)c3cc(OC)ccc23)n1. The fraction of sp³-hybridized carbons (Fsp3) is 0.233. The van der Waals surface area contributed by atoms with Crippen molar-refractivity contribution in [2.24, 2.45) is 0 Å². The third-order valence-electron chi connectivity index (χ3n) is 5.55. The fourth-order valence-electron chi connectivity index (χ4n) is 4.03. The van der Waals surface area contributed by atoms with E-state index in [4.69, 9.17) is 9.47 Å². The van der Waals surface area contributed by atoms with Crippen LogP contribution in [0.4, 0.5) is 4.79 Å². The van der Waals surface area contributed by atoms with Crippen LogP contribution in [0.15, 0.2) is 66.7 Å². The third kappa shape index (κ3) is 5.81. The Kier molecular flexibility index (Phi) is 7.30. The molecule has 7 heteroatoms. The quantitative estimate of drug-likeness (QED) is 0.270. The molecule has 2 aromatic heterocycles. The lowest BCUT2D eigenvalue weighted by atomic mass is 10.0. The van der Waals surface area contributed by atoms with Gasteiger partial charge in [-0.05, 0) is 62.1 Å². The number of esters is 1. The lowest BCUT2D eigenvalue weighted by Crippen LogP contribution is -2.27. The molecular weight excluding hydrogens is 468 g/mol. The van der Waals surface area contributed by atoms with Crippen LogP contribution in [0, 0.1) is 11.8 Å². The van der Waals surface area contributed by atoms with Crippen LogP contribution in [0.1, 0.15) is 37.7 Å². The Labute approximate surface area is 216 Å². The molecule has 4 aromatic rings. The lowest BCUT2D eigenvalue weighted by molar-refractivity contribution is -0.133. The smallest absolute Gasteiger partial charge is 0.419 e. The van der Waals surface area contributed by atoms with Crippen molar-refractivity contribution in [3.8, 4) is 28.8 Å². The van der Waals surface area contributed by atoms with Crippen LogP contribution in [-0.4, -0.2) is 41.4 Å². The summed E-state index contributed by atoms with van der Waals surface area (Å²) in [6.45, 7) is 5.52. The maximum atomic E-state index is 13.6. The van der Waals surface area contributed by atoms with Gasteiger partial charge in [0.2, 0.25) is 0 Å². The summed E-state index contributed by atoms with van der Waals surface area (Å²) in [6.07, 6.45) is -0.0714. The number of hydrogen-bond donors (Lipinski definition) is 0. The Hall–Kier alpha value is -4.57. The molecule has 0 amide bonds. The van der Waals surface area contributed by atoms with Crippen LogP contribution in [0.25, 0.3) is 22.2 Å². The molecule has 2 heterocycles. The molecule has 0 aliphatic rings. The zero-order valence-electron chi connectivity index (χ0n) is 21.5. The van der Waals surface area contributed by atoms with Gasteiger partial charge in [0, 0.05) is 29.5 Å². The standard InChI is InChI=1S/C30H28N2O5/c1-30(2,3)37-29(34)32-26-19-23(35-4)15-16-24(26)25(28(32)20-10-7-6-8-11-20)18-22-13-9-12-21(31-22)14-17-27(33)36-5/h6-13,15-16,19H,18H2,1-5H3. The first-order valence-corrected chi connectivity index (χ1v) is 11.8. The summed E-state index contributed by atoms with van der Waals surface area (Å²) in [5.74, 6) is 5.14. The highest BCUT2D eigenvalue weighted by Crippen LogP contribution is 2.37. The molecule has 0 unspecified atom stereocenters. The van der Waals surface area contributed by atoms with Gasteiger partial charge in [-0.3, -0.25) is 0 Å². The molecule has 0 bridgehead atoms. The van der Waals surface area contributed by atoms with E-state index in [1.165, 1.54) is 7.11 Å². The van der Waals surface area contributed by atoms with Crippen LogP contribution < -0.4 is 4.74 Å². The Morgan fingerprint density at radius 3 is 2.41 bits per heavy atom. The van der Waals surface area contributed by atoms with Gasteiger partial charge in [-0.2, -0.15) is 0 Å². The van der Waals surface area contributed by atoms with Gasteiger partial charge in [0.1, 0.15) is 17.0 Å². The molecular formula is C30H28N2O5. The van der Waals surface area contributed by atoms with Gasteiger partial charge in [0.25, 0.3) is 0 Å². The van der Waals surface area contributed by atoms with E-state index in [0.29, 0.717) is 29.1 Å². The molecule has 0 N–H and O–H groups in total. The maximum absolute atomic E-state index is 13.6. The average Bonchev–Trinajstić information content (AvgIpc) is 3.20. The molecule has 0 radical (unpaired) electrons. The molecule has 188 valence electrons. The zero-order chi connectivity index (χ0) is 26.6. The highest BCUT2D eigenvalue weighted by molar-refractivity contribution is 6.00. The van der Waals surface area contributed by atoms with E-state index in [2.05, 4.69) is 21.6 Å². The van der Waals surface area contributed by atoms with Gasteiger partial charge in [-0.1, -0.05) is 36.4 Å². The van der Waals surface area contributed by atoms with Crippen molar-refractivity contribution in [2.45, 2.75) is 32.8 Å². The molecule has 37 heavy (non-hydrogen) atoms. The predicted molar refractivity (Wildman–Crippen MR) is 141 cm³/mol. The molecule has 0 saturated carbocycles. The van der Waals surface area contributed by atoms with Crippen LogP contribution in [-0.2, 0) is 20.7 Å². The summed E-state index contributed by atoms with van der Waals surface area (Å²) in [5.41, 5.74) is 3.64. The van der Waals surface area contributed by atoms with Crippen LogP contribution >= 0.6 is 0 Å². The van der Waals surface area contributed by atoms with Crippen molar-refractivity contribution in [3.05, 3.63) is 83.7 Å². The largest absolute Gasteiger partial charge is 0.497 e. The van der Waals surface area contributed by atoms with Crippen molar-refractivity contribution in [3.63, 3.8) is 0 Å². The number of pyridine rings is 1. The van der Waals surface area contributed by atoms with Gasteiger partial charge in [0.05, 0.1) is 25.4 Å². The molecule has 0 spiro atoms. The molecule has 0 saturated heterocycles. The van der Waals surface area contributed by atoms with Crippen molar-refractivity contribution in [1.29, 1.82) is 0 Å². The van der Waals surface area contributed by atoms with Gasteiger partial charge >= 0.3 is 12.1 Å². The summed E-state index contributed by atoms with van der Waals surface area (Å²) in [7, 11) is 2.87. The summed E-state index contributed by atoms with van der Waals surface area (Å²) >= 11 is 0. The number of aromatic nitrogens is 2. The van der Waals surface area contributed by atoms with Crippen molar-refractivity contribution in [2.75, 3.05) is 14.2 Å². The summed E-state index contributed by atoms with van der Waals surface area (Å²) in [4.78, 5) is 29.7. The number of fused-ring (bicyclic) bond motifs is 1. The maximum Gasteiger partial charge on any atom is 0.419 e. The highest BCUT2D eigenvalue weighted by atomic mass is 16.6. The zero-order valence-corrected chi connectivity index (χ0v) is 21.5. The number of methoxy groups -OCH3 is 2. The molecule has 2 aromatic carbocycles. The molecule has 0 aliphatic carbocycles. The third-order valence-corrected chi connectivity index (χ3v) is 5.55. The van der Waals surface area contributed by atoms with E-state index < -0.39 is 17.7 Å². The minimum absolute atomic E-state index is 0.413. The van der Waals surface area contributed by atoms with Crippen molar-refractivity contribution in [1.82, 2.24) is 9.55 Å². The van der Waals surface area contributed by atoms with Crippen LogP contribution in [0.5, 0.6) is 5.75 Å². The van der Waals surface area contributed by atoms with E-state index in [-0.39, 0.29) is 0 Å². The van der Waals surface area contributed by atoms with Gasteiger partial charge in [-0.25, -0.2) is 19.1 Å². The highest BCUT2D eigenvalue weighted by Gasteiger charge is 2.27. The van der Waals surface area contributed by atoms with E-state index in [1.807, 2.05) is 81.4 Å². The minimum Gasteiger partial charge on any atom is -0.497 e. The van der Waals surface area contributed by atoms with Crippen LogP contribution in [0.2, 0.25) is 0 Å². The molecule has 0 atom stereocenters. The topological polar surface area (TPSA) is 79.7 Å². The molecule has 4 rings (SSSR count). The molecule has 0 aliphatic heterocycles. The number of carbonyl (C=O) groups excluding carboxylic acids is 2. The van der Waals surface area contributed by atoms with E-state index in [9.17, 15) is 9.59 Å². The number of nitrogens with zero attached hydrogens (tertiary/aromatic N) is 2. The molecule has 7 nitrogen and oxygen atoms in total. The monoisotopic (exact) mass is 496 g/mol. The number of hydrogen-bond acceptors (Lipinski definition) is 6. The van der Waals surface area contributed by atoms with Gasteiger partial charge in [0.15, 0.2) is 0 Å². The van der Waals surface area contributed by atoms with E-state index in [1.54, 1.807) is 17.7 Å². The van der Waals surface area contributed by atoms with Gasteiger partial charge in [-0.15, -0.1) is 0 Å². The van der Waals surface area contributed by atoms with Gasteiger partial charge < -0.3 is 14.2 Å². The first-order valence-electron chi connectivity index (χ1n) is 11.8. The number of rotatable bonds is 4. The second-order valence-electron chi connectivity index (χ2n) is 9.32. The second-order valence-corrected chi connectivity index (χ2v) is 9.32. The molecule has 0 fully saturated rings. The fourth-order valence-corrected chi connectivity index (χ4v) is 4.03. The predicted octanol–water partition coefficient (Wildman–Crippen LogP) is 5.61. The summed E-state index contributed by atoms with van der Waals surface area (Å²) in [6, 6.07) is 20.8. The van der Waals surface area contributed by atoms with E-state index in [0.717, 1.165) is 22.2 Å². The lowest BCUT2D eigenvalue weighted by Gasteiger charge is -2.21. The number of benzene rings is 2. The Balaban J connectivity index is 1.94. The first-order chi connectivity index (χ1) is 17.7. The average molecular weight is 497 g/mol. The summed E-state index contributed by atoms with van der Waals surface area (Å²) in [5, 5.41) is 0.873. The Morgan fingerprint density at radius 1 is 0.973 bits per heavy atom. The minimum atomic E-state index is -0.686.